The van der Waals surface area contributed by atoms with Gasteiger partial charge in [-0.15, -0.1) is 10.2 Å². The van der Waals surface area contributed by atoms with Gasteiger partial charge in [0.2, 0.25) is 5.89 Å². The molecule has 0 bridgehead atoms. The summed E-state index contributed by atoms with van der Waals surface area (Å²) in [7, 11) is 1.67. The Morgan fingerprint density at radius 2 is 1.93 bits per heavy atom. The molecule has 0 saturated carbocycles. The maximum atomic E-state index is 5.91. The largest absolute Gasteiger partial charge is 0.497 e. The number of rotatable bonds is 5. The standard InChI is InChI=1S/C22H18N4O2S/c1-14-10-20-24-25-22(26(20)18-11-16(27-2)8-9-17(14)18)29-13-21-23-12-19(28-21)15-6-4-3-5-7-15/h3-12H,13H2,1-2H3. The van der Waals surface area contributed by atoms with Gasteiger partial charge in [-0.3, -0.25) is 4.40 Å². The van der Waals surface area contributed by atoms with Crippen molar-refractivity contribution in [3.8, 4) is 17.1 Å². The third-order valence-electron chi connectivity index (χ3n) is 4.81. The molecule has 0 saturated heterocycles. The molecule has 2 aromatic carbocycles. The van der Waals surface area contributed by atoms with Gasteiger partial charge in [-0.05, 0) is 30.7 Å². The van der Waals surface area contributed by atoms with E-state index in [0.29, 0.717) is 11.6 Å². The Bertz CT molecular complexity index is 1310. The highest BCUT2D eigenvalue weighted by atomic mass is 32.2. The number of aromatic nitrogens is 4. The third kappa shape index (κ3) is 3.23. The van der Waals surface area contributed by atoms with Crippen LogP contribution in [0.25, 0.3) is 27.9 Å². The molecule has 0 unspecified atom stereocenters. The minimum Gasteiger partial charge on any atom is -0.497 e. The van der Waals surface area contributed by atoms with Gasteiger partial charge in [0.05, 0.1) is 24.6 Å². The first-order valence-corrected chi connectivity index (χ1v) is 10.2. The monoisotopic (exact) mass is 402 g/mol. The molecule has 6 nitrogen and oxygen atoms in total. The summed E-state index contributed by atoms with van der Waals surface area (Å²) in [6.45, 7) is 2.08. The lowest BCUT2D eigenvalue weighted by atomic mass is 10.1. The third-order valence-corrected chi connectivity index (χ3v) is 5.72. The molecule has 0 aliphatic carbocycles. The first-order chi connectivity index (χ1) is 14.2. The van der Waals surface area contributed by atoms with Gasteiger partial charge in [0.25, 0.3) is 0 Å². The number of hydrogen-bond donors (Lipinski definition) is 0. The van der Waals surface area contributed by atoms with Crippen molar-refractivity contribution in [1.82, 2.24) is 19.6 Å². The molecule has 144 valence electrons. The number of methoxy groups -OCH3 is 1. The topological polar surface area (TPSA) is 65.5 Å². The van der Waals surface area contributed by atoms with Crippen LogP contribution in [0.3, 0.4) is 0 Å². The fourth-order valence-electron chi connectivity index (χ4n) is 3.36. The summed E-state index contributed by atoms with van der Waals surface area (Å²) in [5, 5.41) is 10.7. The van der Waals surface area contributed by atoms with Gasteiger partial charge in [-0.1, -0.05) is 42.1 Å². The maximum absolute atomic E-state index is 5.91. The zero-order chi connectivity index (χ0) is 19.8. The van der Waals surface area contributed by atoms with Crippen molar-refractivity contribution in [3.05, 3.63) is 72.2 Å². The number of nitrogens with zero attached hydrogens (tertiary/aromatic N) is 4. The van der Waals surface area contributed by atoms with E-state index in [4.69, 9.17) is 9.15 Å². The molecule has 7 heteroatoms. The van der Waals surface area contributed by atoms with Crippen LogP contribution in [0, 0.1) is 6.92 Å². The molecule has 0 radical (unpaired) electrons. The second kappa shape index (κ2) is 7.25. The molecule has 0 spiro atoms. The Morgan fingerprint density at radius 1 is 1.07 bits per heavy atom. The van der Waals surface area contributed by atoms with E-state index in [-0.39, 0.29) is 0 Å². The molecule has 0 aliphatic rings. The Hall–Kier alpha value is -3.32. The molecule has 29 heavy (non-hydrogen) atoms. The predicted molar refractivity (Wildman–Crippen MR) is 113 cm³/mol. The van der Waals surface area contributed by atoms with E-state index in [0.717, 1.165) is 44.3 Å². The Morgan fingerprint density at radius 3 is 2.76 bits per heavy atom. The zero-order valence-corrected chi connectivity index (χ0v) is 16.8. The number of fused-ring (bicyclic) bond motifs is 3. The van der Waals surface area contributed by atoms with Gasteiger partial charge in [-0.25, -0.2) is 4.98 Å². The molecule has 0 aliphatic heterocycles. The van der Waals surface area contributed by atoms with Crippen LogP contribution in [0.15, 0.2) is 70.4 Å². The second-order valence-corrected chi connectivity index (χ2v) is 7.60. The normalized spacial score (nSPS) is 11.4. The molecule has 0 atom stereocenters. The van der Waals surface area contributed by atoms with Crippen LogP contribution in [-0.4, -0.2) is 26.7 Å². The first kappa shape index (κ1) is 17.8. The van der Waals surface area contributed by atoms with Crippen LogP contribution in [0.5, 0.6) is 5.75 Å². The van der Waals surface area contributed by atoms with Crippen molar-refractivity contribution in [1.29, 1.82) is 0 Å². The molecular formula is C22H18N4O2S. The van der Waals surface area contributed by atoms with Crippen molar-refractivity contribution in [2.75, 3.05) is 7.11 Å². The van der Waals surface area contributed by atoms with Crippen LogP contribution >= 0.6 is 11.8 Å². The molecule has 5 aromatic rings. The van der Waals surface area contributed by atoms with Crippen LogP contribution < -0.4 is 4.74 Å². The zero-order valence-electron chi connectivity index (χ0n) is 16.0. The molecule has 5 rings (SSSR count). The van der Waals surface area contributed by atoms with Crippen molar-refractivity contribution >= 4 is 28.3 Å². The minimum atomic E-state index is 0.562. The summed E-state index contributed by atoms with van der Waals surface area (Å²) >= 11 is 1.54. The average molecular weight is 402 g/mol. The van der Waals surface area contributed by atoms with Gasteiger partial charge in [0, 0.05) is 17.0 Å². The highest BCUT2D eigenvalue weighted by Crippen LogP contribution is 2.30. The van der Waals surface area contributed by atoms with Crippen LogP contribution in [0.1, 0.15) is 11.5 Å². The number of oxazole rings is 1. The molecule has 0 fully saturated rings. The number of pyridine rings is 1. The van der Waals surface area contributed by atoms with Crippen LogP contribution in [0.2, 0.25) is 0 Å². The number of thioether (sulfide) groups is 1. The molecule has 0 amide bonds. The van der Waals surface area contributed by atoms with Crippen molar-refractivity contribution in [2.45, 2.75) is 17.8 Å². The molecule has 3 aromatic heterocycles. The Labute approximate surface area is 171 Å². The summed E-state index contributed by atoms with van der Waals surface area (Å²) in [5.41, 5.74) is 3.99. The lowest BCUT2D eigenvalue weighted by molar-refractivity contribution is 0.415. The van der Waals surface area contributed by atoms with Crippen molar-refractivity contribution < 1.29 is 9.15 Å². The van der Waals surface area contributed by atoms with E-state index in [1.54, 1.807) is 25.1 Å². The van der Waals surface area contributed by atoms with E-state index in [1.807, 2.05) is 48.5 Å². The summed E-state index contributed by atoms with van der Waals surface area (Å²) in [4.78, 5) is 4.41. The van der Waals surface area contributed by atoms with Gasteiger partial charge in [0.15, 0.2) is 16.6 Å². The SMILES string of the molecule is COc1ccc2c(C)cc3nnc(SCc4ncc(-c5ccccc5)o4)n3c2c1. The number of hydrogen-bond acceptors (Lipinski definition) is 6. The van der Waals surface area contributed by atoms with Crippen LogP contribution in [-0.2, 0) is 5.75 Å². The van der Waals surface area contributed by atoms with Gasteiger partial charge < -0.3 is 9.15 Å². The van der Waals surface area contributed by atoms with Crippen molar-refractivity contribution in [3.63, 3.8) is 0 Å². The van der Waals surface area contributed by atoms with E-state index in [9.17, 15) is 0 Å². The average Bonchev–Trinajstić information content (AvgIpc) is 3.39. The van der Waals surface area contributed by atoms with E-state index < -0.39 is 0 Å². The first-order valence-electron chi connectivity index (χ1n) is 9.18. The molecular weight excluding hydrogens is 384 g/mol. The second-order valence-electron chi connectivity index (χ2n) is 6.66. The Balaban J connectivity index is 1.48. The van der Waals surface area contributed by atoms with Crippen molar-refractivity contribution in [2.24, 2.45) is 0 Å². The van der Waals surface area contributed by atoms with Crippen LogP contribution in [0.4, 0.5) is 0 Å². The molecule has 0 N–H and O–H groups in total. The number of ether oxygens (including phenoxy) is 1. The van der Waals surface area contributed by atoms with Gasteiger partial charge in [0.1, 0.15) is 5.75 Å². The predicted octanol–water partition coefficient (Wildman–Crippen LogP) is 5.15. The van der Waals surface area contributed by atoms with E-state index >= 15 is 0 Å². The van der Waals surface area contributed by atoms with Gasteiger partial charge >= 0.3 is 0 Å². The minimum absolute atomic E-state index is 0.562. The summed E-state index contributed by atoms with van der Waals surface area (Å²) in [5.74, 6) is 2.78. The highest BCUT2D eigenvalue weighted by molar-refractivity contribution is 7.98. The lowest BCUT2D eigenvalue weighted by Gasteiger charge is -2.09. The quantitative estimate of drug-likeness (QED) is 0.379. The fourth-order valence-corrected chi connectivity index (χ4v) is 4.17. The summed E-state index contributed by atoms with van der Waals surface area (Å²) < 4.78 is 13.4. The fraction of sp³-hybridized carbons (Fsp3) is 0.136. The number of aryl methyl sites for hydroxylation is 1. The summed E-state index contributed by atoms with van der Waals surface area (Å²) in [6.07, 6.45) is 1.76. The Kier molecular flexibility index (Phi) is 4.44. The smallest absolute Gasteiger partial charge is 0.205 e. The van der Waals surface area contributed by atoms with E-state index in [2.05, 4.69) is 32.6 Å². The lowest BCUT2D eigenvalue weighted by Crippen LogP contribution is -1.94. The number of benzene rings is 2. The van der Waals surface area contributed by atoms with E-state index in [1.165, 1.54) is 0 Å². The summed E-state index contributed by atoms with van der Waals surface area (Å²) in [6, 6.07) is 18.1. The molecule has 3 heterocycles. The highest BCUT2D eigenvalue weighted by Gasteiger charge is 2.14. The maximum Gasteiger partial charge on any atom is 0.205 e. The van der Waals surface area contributed by atoms with Gasteiger partial charge in [-0.2, -0.15) is 0 Å².